The Kier molecular flexibility index (Phi) is 4.96. The Labute approximate surface area is 107 Å². The van der Waals surface area contributed by atoms with Gasteiger partial charge in [-0.05, 0) is 30.5 Å². The summed E-state index contributed by atoms with van der Waals surface area (Å²) in [7, 11) is 0. The van der Waals surface area contributed by atoms with E-state index in [1.807, 2.05) is 0 Å². The van der Waals surface area contributed by atoms with Crippen molar-refractivity contribution in [3.8, 4) is 5.75 Å². The summed E-state index contributed by atoms with van der Waals surface area (Å²) in [6, 6.07) is 4.44. The van der Waals surface area contributed by atoms with Crippen molar-refractivity contribution in [2.45, 2.75) is 38.3 Å². The maximum Gasteiger partial charge on any atom is 0.165 e. The predicted molar refractivity (Wildman–Crippen MR) is 68.0 cm³/mol. The summed E-state index contributed by atoms with van der Waals surface area (Å²) < 4.78 is 18.8. The summed E-state index contributed by atoms with van der Waals surface area (Å²) in [5, 5.41) is 12.3. The summed E-state index contributed by atoms with van der Waals surface area (Å²) >= 11 is 0. The lowest BCUT2D eigenvalue weighted by Gasteiger charge is -2.11. The van der Waals surface area contributed by atoms with Crippen LogP contribution in [-0.2, 0) is 11.3 Å². The Morgan fingerprint density at radius 3 is 2.83 bits per heavy atom. The van der Waals surface area contributed by atoms with E-state index in [0.717, 1.165) is 12.1 Å². The van der Waals surface area contributed by atoms with E-state index in [2.05, 4.69) is 5.32 Å². The maximum atomic E-state index is 13.1. The van der Waals surface area contributed by atoms with Gasteiger partial charge in [0.2, 0.25) is 0 Å². The third-order valence-corrected chi connectivity index (χ3v) is 3.28. The SMILES string of the molecule is Oc1ccc(CNCCOC2CCCC2)cc1F. The number of halogens is 1. The lowest BCUT2D eigenvalue weighted by molar-refractivity contribution is 0.0602. The molecule has 0 radical (unpaired) electrons. The molecule has 4 heteroatoms. The molecule has 0 aliphatic heterocycles. The summed E-state index contributed by atoms with van der Waals surface area (Å²) in [5.41, 5.74) is 0.825. The van der Waals surface area contributed by atoms with Gasteiger partial charge in [-0.2, -0.15) is 0 Å². The van der Waals surface area contributed by atoms with E-state index in [9.17, 15) is 4.39 Å². The second-order valence-corrected chi connectivity index (χ2v) is 4.74. The van der Waals surface area contributed by atoms with Crippen LogP contribution in [0.4, 0.5) is 4.39 Å². The van der Waals surface area contributed by atoms with Crippen LogP contribution in [0.1, 0.15) is 31.2 Å². The molecule has 2 N–H and O–H groups in total. The average molecular weight is 253 g/mol. The van der Waals surface area contributed by atoms with Gasteiger partial charge in [0.05, 0.1) is 12.7 Å². The van der Waals surface area contributed by atoms with E-state index in [-0.39, 0.29) is 5.75 Å². The van der Waals surface area contributed by atoms with Gasteiger partial charge in [0.15, 0.2) is 11.6 Å². The number of hydrogen-bond donors (Lipinski definition) is 2. The first-order chi connectivity index (χ1) is 8.75. The van der Waals surface area contributed by atoms with Crippen molar-refractivity contribution in [1.29, 1.82) is 0 Å². The fourth-order valence-electron chi connectivity index (χ4n) is 2.25. The van der Waals surface area contributed by atoms with E-state index in [1.165, 1.54) is 37.8 Å². The number of benzene rings is 1. The zero-order valence-electron chi connectivity index (χ0n) is 10.5. The fourth-order valence-corrected chi connectivity index (χ4v) is 2.25. The zero-order chi connectivity index (χ0) is 12.8. The lowest BCUT2D eigenvalue weighted by Crippen LogP contribution is -2.21. The molecule has 0 heterocycles. The summed E-state index contributed by atoms with van der Waals surface area (Å²) in [4.78, 5) is 0. The van der Waals surface area contributed by atoms with Crippen LogP contribution in [0, 0.1) is 5.82 Å². The third-order valence-electron chi connectivity index (χ3n) is 3.28. The number of ether oxygens (including phenoxy) is 1. The minimum atomic E-state index is -0.573. The number of phenolic OH excluding ortho intramolecular Hbond substituents is 1. The topological polar surface area (TPSA) is 41.5 Å². The largest absolute Gasteiger partial charge is 0.505 e. The molecule has 0 saturated heterocycles. The van der Waals surface area contributed by atoms with Crippen molar-refractivity contribution < 1.29 is 14.2 Å². The Bertz CT molecular complexity index is 378. The first-order valence-electron chi connectivity index (χ1n) is 6.55. The van der Waals surface area contributed by atoms with Crippen LogP contribution in [-0.4, -0.2) is 24.4 Å². The van der Waals surface area contributed by atoms with Gasteiger partial charge in [0, 0.05) is 13.1 Å². The van der Waals surface area contributed by atoms with E-state index >= 15 is 0 Å². The van der Waals surface area contributed by atoms with Gasteiger partial charge in [-0.3, -0.25) is 0 Å². The third kappa shape index (κ3) is 3.96. The van der Waals surface area contributed by atoms with Gasteiger partial charge in [0.1, 0.15) is 0 Å². The highest BCUT2D eigenvalue weighted by molar-refractivity contribution is 5.27. The molecule has 100 valence electrons. The fraction of sp³-hybridized carbons (Fsp3) is 0.571. The first-order valence-corrected chi connectivity index (χ1v) is 6.55. The molecule has 0 atom stereocenters. The van der Waals surface area contributed by atoms with E-state index in [0.29, 0.717) is 19.3 Å². The van der Waals surface area contributed by atoms with E-state index in [4.69, 9.17) is 9.84 Å². The van der Waals surface area contributed by atoms with Crippen LogP contribution in [0.3, 0.4) is 0 Å². The Balaban J connectivity index is 1.61. The Hall–Kier alpha value is -1.13. The van der Waals surface area contributed by atoms with Gasteiger partial charge in [-0.25, -0.2) is 4.39 Å². The molecular formula is C14H20FNO2. The van der Waals surface area contributed by atoms with Crippen LogP contribution in [0.25, 0.3) is 0 Å². The molecule has 1 aliphatic rings. The van der Waals surface area contributed by atoms with E-state index < -0.39 is 5.82 Å². The highest BCUT2D eigenvalue weighted by Crippen LogP contribution is 2.20. The van der Waals surface area contributed by atoms with Crippen molar-refractivity contribution in [1.82, 2.24) is 5.32 Å². The molecular weight excluding hydrogens is 233 g/mol. The molecule has 0 aromatic heterocycles. The highest BCUT2D eigenvalue weighted by Gasteiger charge is 2.14. The minimum absolute atomic E-state index is 0.302. The lowest BCUT2D eigenvalue weighted by atomic mass is 10.2. The molecule has 1 aliphatic carbocycles. The number of nitrogens with one attached hydrogen (secondary N) is 1. The Morgan fingerprint density at radius 1 is 1.33 bits per heavy atom. The monoisotopic (exact) mass is 253 g/mol. The molecule has 0 bridgehead atoms. The van der Waals surface area contributed by atoms with Crippen LogP contribution in [0.5, 0.6) is 5.75 Å². The van der Waals surface area contributed by atoms with Crippen molar-refractivity contribution in [3.05, 3.63) is 29.6 Å². The molecule has 3 nitrogen and oxygen atoms in total. The van der Waals surface area contributed by atoms with Crippen LogP contribution >= 0.6 is 0 Å². The molecule has 1 aromatic rings. The molecule has 0 unspecified atom stereocenters. The molecule has 1 aromatic carbocycles. The van der Waals surface area contributed by atoms with E-state index in [1.54, 1.807) is 6.07 Å². The van der Waals surface area contributed by atoms with Crippen molar-refractivity contribution in [3.63, 3.8) is 0 Å². The quantitative estimate of drug-likeness (QED) is 0.766. The normalized spacial score (nSPS) is 16.3. The van der Waals surface area contributed by atoms with Gasteiger partial charge in [-0.1, -0.05) is 18.9 Å². The molecule has 1 fully saturated rings. The standard InChI is InChI=1S/C14H20FNO2/c15-13-9-11(5-6-14(13)17)10-16-7-8-18-12-3-1-2-4-12/h5-6,9,12,16-17H,1-4,7-8,10H2. The zero-order valence-corrected chi connectivity index (χ0v) is 10.5. The first kappa shape index (κ1) is 13.3. The summed E-state index contributed by atoms with van der Waals surface area (Å²) in [5.74, 6) is -0.875. The predicted octanol–water partition coefficient (Wildman–Crippen LogP) is 2.58. The number of aromatic hydroxyl groups is 1. The second-order valence-electron chi connectivity index (χ2n) is 4.74. The van der Waals surface area contributed by atoms with Crippen LogP contribution in [0.2, 0.25) is 0 Å². The molecule has 1 saturated carbocycles. The highest BCUT2D eigenvalue weighted by atomic mass is 19.1. The smallest absolute Gasteiger partial charge is 0.165 e. The summed E-state index contributed by atoms with van der Waals surface area (Å²) in [6.45, 7) is 2.05. The number of rotatable bonds is 6. The Morgan fingerprint density at radius 2 is 2.11 bits per heavy atom. The number of phenols is 1. The molecule has 2 rings (SSSR count). The maximum absolute atomic E-state index is 13.1. The summed E-state index contributed by atoms with van der Waals surface area (Å²) in [6.07, 6.45) is 5.38. The van der Waals surface area contributed by atoms with Gasteiger partial charge >= 0.3 is 0 Å². The van der Waals surface area contributed by atoms with Crippen LogP contribution in [0.15, 0.2) is 18.2 Å². The molecule has 0 amide bonds. The van der Waals surface area contributed by atoms with Crippen molar-refractivity contribution in [2.75, 3.05) is 13.2 Å². The number of hydrogen-bond acceptors (Lipinski definition) is 3. The minimum Gasteiger partial charge on any atom is -0.505 e. The van der Waals surface area contributed by atoms with Gasteiger partial charge < -0.3 is 15.2 Å². The molecule has 18 heavy (non-hydrogen) atoms. The van der Waals surface area contributed by atoms with Gasteiger partial charge in [-0.15, -0.1) is 0 Å². The van der Waals surface area contributed by atoms with Crippen molar-refractivity contribution in [2.24, 2.45) is 0 Å². The van der Waals surface area contributed by atoms with Crippen LogP contribution < -0.4 is 5.32 Å². The molecule has 0 spiro atoms. The van der Waals surface area contributed by atoms with Gasteiger partial charge in [0.25, 0.3) is 0 Å². The second kappa shape index (κ2) is 6.71. The van der Waals surface area contributed by atoms with Crippen molar-refractivity contribution >= 4 is 0 Å². The average Bonchev–Trinajstić information content (AvgIpc) is 2.86.